The molecule has 0 spiro atoms. The lowest BCUT2D eigenvalue weighted by Gasteiger charge is -2.08. The van der Waals surface area contributed by atoms with Crippen molar-refractivity contribution in [2.45, 2.75) is 5.92 Å². The molecule has 1 atom stereocenters. The molecule has 90 valence electrons. The maximum atomic E-state index is 12.3. The van der Waals surface area contributed by atoms with Crippen LogP contribution in [0.15, 0.2) is 40.2 Å². The SMILES string of the molecule is N#CC(C(=O)c1ccc(Br)s1)c1ccccc1Cl. The Labute approximate surface area is 122 Å². The zero-order chi connectivity index (χ0) is 13.1. The molecule has 0 aliphatic heterocycles. The van der Waals surface area contributed by atoms with Gasteiger partial charge in [-0.1, -0.05) is 29.8 Å². The fourth-order valence-corrected chi connectivity index (χ4v) is 3.17. The third kappa shape index (κ3) is 2.64. The molecule has 0 bridgehead atoms. The predicted molar refractivity (Wildman–Crippen MR) is 76.2 cm³/mol. The van der Waals surface area contributed by atoms with Crippen LogP contribution in [0, 0.1) is 11.3 Å². The molecule has 1 unspecified atom stereocenters. The second-order valence-corrected chi connectivity index (χ2v) is 6.42. The molecule has 5 heteroatoms. The Bertz CT molecular complexity index is 632. The summed E-state index contributed by atoms with van der Waals surface area (Å²) in [7, 11) is 0. The van der Waals surface area contributed by atoms with Gasteiger partial charge in [0.25, 0.3) is 0 Å². The van der Waals surface area contributed by atoms with E-state index in [2.05, 4.69) is 15.9 Å². The van der Waals surface area contributed by atoms with Crippen LogP contribution in [0.4, 0.5) is 0 Å². The van der Waals surface area contributed by atoms with Gasteiger partial charge in [-0.05, 0) is 39.7 Å². The number of nitrogens with zero attached hydrogens (tertiary/aromatic N) is 1. The van der Waals surface area contributed by atoms with Gasteiger partial charge >= 0.3 is 0 Å². The van der Waals surface area contributed by atoms with E-state index in [0.717, 1.165) is 3.79 Å². The largest absolute Gasteiger partial charge is 0.291 e. The highest BCUT2D eigenvalue weighted by atomic mass is 79.9. The molecule has 2 nitrogen and oxygen atoms in total. The standard InChI is InChI=1S/C13H7BrClNOS/c14-12-6-5-11(18-12)13(17)9(7-16)8-3-1-2-4-10(8)15/h1-6,9H. The number of Topliss-reactive ketones (excluding diaryl/α,β-unsaturated/α-hetero) is 1. The minimum atomic E-state index is -0.857. The van der Waals surface area contributed by atoms with Crippen molar-refractivity contribution in [3.05, 3.63) is 55.6 Å². The number of benzene rings is 1. The van der Waals surface area contributed by atoms with Crippen LogP contribution in [0.2, 0.25) is 5.02 Å². The molecule has 1 aromatic carbocycles. The fourth-order valence-electron chi connectivity index (χ4n) is 1.57. The fraction of sp³-hybridized carbons (Fsp3) is 0.0769. The second kappa shape index (κ2) is 5.66. The highest BCUT2D eigenvalue weighted by molar-refractivity contribution is 9.11. The van der Waals surface area contributed by atoms with Gasteiger partial charge in [-0.15, -0.1) is 11.3 Å². The lowest BCUT2D eigenvalue weighted by atomic mass is 9.95. The minimum Gasteiger partial charge on any atom is -0.291 e. The Kier molecular flexibility index (Phi) is 4.18. The van der Waals surface area contributed by atoms with Crippen molar-refractivity contribution in [1.82, 2.24) is 0 Å². The van der Waals surface area contributed by atoms with Gasteiger partial charge in [-0.25, -0.2) is 0 Å². The van der Waals surface area contributed by atoms with E-state index in [1.54, 1.807) is 36.4 Å². The summed E-state index contributed by atoms with van der Waals surface area (Å²) in [5, 5.41) is 9.64. The molecular weight excluding hydrogens is 334 g/mol. The highest BCUT2D eigenvalue weighted by Crippen LogP contribution is 2.30. The summed E-state index contributed by atoms with van der Waals surface area (Å²) in [6.45, 7) is 0. The summed E-state index contributed by atoms with van der Waals surface area (Å²) in [6, 6.07) is 12.4. The zero-order valence-electron chi connectivity index (χ0n) is 9.06. The molecule has 2 aromatic rings. The molecule has 0 aliphatic carbocycles. The number of ketones is 1. The number of nitriles is 1. The van der Waals surface area contributed by atoms with Crippen molar-refractivity contribution in [1.29, 1.82) is 5.26 Å². The first kappa shape index (κ1) is 13.3. The van der Waals surface area contributed by atoms with E-state index >= 15 is 0 Å². The number of rotatable bonds is 3. The van der Waals surface area contributed by atoms with Crippen molar-refractivity contribution in [3.8, 4) is 6.07 Å². The number of thiophene rings is 1. The van der Waals surface area contributed by atoms with Gasteiger partial charge in [-0.2, -0.15) is 5.26 Å². The first-order valence-corrected chi connectivity index (χ1v) is 7.06. The van der Waals surface area contributed by atoms with Gasteiger partial charge in [0, 0.05) is 5.02 Å². The normalized spacial score (nSPS) is 11.8. The van der Waals surface area contributed by atoms with E-state index in [-0.39, 0.29) is 5.78 Å². The molecule has 0 amide bonds. The maximum absolute atomic E-state index is 12.3. The van der Waals surface area contributed by atoms with E-state index in [9.17, 15) is 10.1 Å². The summed E-state index contributed by atoms with van der Waals surface area (Å²) < 4.78 is 0.863. The Morgan fingerprint density at radius 2 is 2.06 bits per heavy atom. The Morgan fingerprint density at radius 3 is 2.61 bits per heavy atom. The van der Waals surface area contributed by atoms with Crippen LogP contribution in [0.25, 0.3) is 0 Å². The van der Waals surface area contributed by atoms with Crippen LogP contribution < -0.4 is 0 Å². The van der Waals surface area contributed by atoms with Gasteiger partial charge in [-0.3, -0.25) is 4.79 Å². The van der Waals surface area contributed by atoms with Crippen LogP contribution in [0.5, 0.6) is 0 Å². The van der Waals surface area contributed by atoms with E-state index in [1.807, 2.05) is 6.07 Å². The van der Waals surface area contributed by atoms with E-state index < -0.39 is 5.92 Å². The van der Waals surface area contributed by atoms with Gasteiger partial charge < -0.3 is 0 Å². The molecule has 18 heavy (non-hydrogen) atoms. The topological polar surface area (TPSA) is 40.9 Å². The van der Waals surface area contributed by atoms with Gasteiger partial charge in [0.2, 0.25) is 0 Å². The predicted octanol–water partition coefficient (Wildman–Crippen LogP) is 4.65. The molecular formula is C13H7BrClNOS. The smallest absolute Gasteiger partial charge is 0.194 e. The van der Waals surface area contributed by atoms with E-state index in [0.29, 0.717) is 15.5 Å². The van der Waals surface area contributed by atoms with Crippen LogP contribution in [-0.2, 0) is 0 Å². The summed E-state index contributed by atoms with van der Waals surface area (Å²) in [5.41, 5.74) is 0.552. The maximum Gasteiger partial charge on any atom is 0.194 e. The van der Waals surface area contributed by atoms with Crippen LogP contribution in [-0.4, -0.2) is 5.78 Å². The third-order valence-corrected chi connectivity index (χ3v) is 4.41. The van der Waals surface area contributed by atoms with Gasteiger partial charge in [0.15, 0.2) is 5.78 Å². The molecule has 0 fully saturated rings. The van der Waals surface area contributed by atoms with Crippen molar-refractivity contribution >= 4 is 44.7 Å². The monoisotopic (exact) mass is 339 g/mol. The molecule has 0 saturated carbocycles. The lowest BCUT2D eigenvalue weighted by Crippen LogP contribution is -2.10. The third-order valence-electron chi connectivity index (χ3n) is 2.42. The number of carbonyl (C=O) groups is 1. The number of hydrogen-bond acceptors (Lipinski definition) is 3. The average Bonchev–Trinajstić information content (AvgIpc) is 2.79. The first-order valence-electron chi connectivity index (χ1n) is 5.07. The summed E-state index contributed by atoms with van der Waals surface area (Å²) in [6.07, 6.45) is 0. The van der Waals surface area contributed by atoms with Crippen molar-refractivity contribution in [2.24, 2.45) is 0 Å². The summed E-state index contributed by atoms with van der Waals surface area (Å²) >= 11 is 10.6. The zero-order valence-corrected chi connectivity index (χ0v) is 12.2. The Balaban J connectivity index is 2.39. The van der Waals surface area contributed by atoms with Gasteiger partial charge in [0.05, 0.1) is 14.7 Å². The van der Waals surface area contributed by atoms with Crippen LogP contribution in [0.1, 0.15) is 21.2 Å². The minimum absolute atomic E-state index is 0.221. The van der Waals surface area contributed by atoms with Crippen molar-refractivity contribution < 1.29 is 4.79 Å². The van der Waals surface area contributed by atoms with Crippen LogP contribution in [0.3, 0.4) is 0 Å². The average molecular weight is 341 g/mol. The Morgan fingerprint density at radius 1 is 1.33 bits per heavy atom. The van der Waals surface area contributed by atoms with Gasteiger partial charge in [0.1, 0.15) is 5.92 Å². The Hall–Kier alpha value is -1.15. The second-order valence-electron chi connectivity index (χ2n) is 3.55. The lowest BCUT2D eigenvalue weighted by molar-refractivity contribution is 0.0983. The number of carbonyl (C=O) groups excluding carboxylic acids is 1. The van der Waals surface area contributed by atoms with E-state index in [4.69, 9.17) is 11.6 Å². The molecule has 0 N–H and O–H groups in total. The van der Waals surface area contributed by atoms with Crippen molar-refractivity contribution in [3.63, 3.8) is 0 Å². The summed E-state index contributed by atoms with van der Waals surface area (Å²) in [5.74, 6) is -1.08. The first-order chi connectivity index (χ1) is 8.63. The van der Waals surface area contributed by atoms with Crippen LogP contribution >= 0.6 is 38.9 Å². The molecule has 1 heterocycles. The van der Waals surface area contributed by atoms with E-state index in [1.165, 1.54) is 11.3 Å². The molecule has 0 radical (unpaired) electrons. The van der Waals surface area contributed by atoms with Crippen molar-refractivity contribution in [2.75, 3.05) is 0 Å². The molecule has 0 aliphatic rings. The number of hydrogen-bond donors (Lipinski definition) is 0. The summed E-state index contributed by atoms with van der Waals surface area (Å²) in [4.78, 5) is 12.8. The number of halogens is 2. The quantitative estimate of drug-likeness (QED) is 0.763. The molecule has 0 saturated heterocycles. The molecule has 2 rings (SSSR count). The molecule has 1 aromatic heterocycles. The highest BCUT2D eigenvalue weighted by Gasteiger charge is 2.24.